The number of benzene rings is 2. The Kier molecular flexibility index (Phi) is 3.39. The number of para-hydroxylation sites is 1. The van der Waals surface area contributed by atoms with E-state index in [1.54, 1.807) is 6.07 Å². The number of hydrogen-bond donors (Lipinski definition) is 1. The summed E-state index contributed by atoms with van der Waals surface area (Å²) in [6, 6.07) is 13.1. The molecule has 1 atom stereocenters. The minimum Gasteiger partial charge on any atom is -0.493 e. The Morgan fingerprint density at radius 1 is 1.05 bits per heavy atom. The van der Waals surface area contributed by atoms with Gasteiger partial charge < -0.3 is 19.5 Å². The number of esters is 1. The number of rotatable bonds is 4. The van der Waals surface area contributed by atoms with Crippen molar-refractivity contribution in [1.82, 2.24) is 0 Å². The van der Waals surface area contributed by atoms with Crippen molar-refractivity contribution < 1.29 is 19.0 Å². The van der Waals surface area contributed by atoms with Crippen LogP contribution >= 0.6 is 0 Å². The molecule has 0 aliphatic carbocycles. The van der Waals surface area contributed by atoms with E-state index in [4.69, 9.17) is 14.2 Å². The molecule has 0 saturated heterocycles. The van der Waals surface area contributed by atoms with E-state index in [2.05, 4.69) is 5.32 Å². The molecule has 1 unspecified atom stereocenters. The molecular weight excluding hydrogens is 270 g/mol. The maximum atomic E-state index is 12.1. The molecule has 0 bridgehead atoms. The van der Waals surface area contributed by atoms with Gasteiger partial charge in [0, 0.05) is 11.3 Å². The molecule has 0 radical (unpaired) electrons. The first-order valence-electron chi connectivity index (χ1n) is 6.52. The van der Waals surface area contributed by atoms with Crippen molar-refractivity contribution >= 4 is 11.7 Å². The van der Waals surface area contributed by atoms with Crippen LogP contribution in [0.2, 0.25) is 0 Å². The minimum atomic E-state index is -0.533. The quantitative estimate of drug-likeness (QED) is 0.875. The summed E-state index contributed by atoms with van der Waals surface area (Å²) in [4.78, 5) is 12.1. The highest BCUT2D eigenvalue weighted by atomic mass is 16.6. The highest BCUT2D eigenvalue weighted by Crippen LogP contribution is 2.41. The second-order valence-electron chi connectivity index (χ2n) is 4.56. The van der Waals surface area contributed by atoms with E-state index in [9.17, 15) is 4.79 Å². The van der Waals surface area contributed by atoms with E-state index in [0.29, 0.717) is 17.1 Å². The van der Waals surface area contributed by atoms with E-state index < -0.39 is 12.2 Å². The molecule has 1 heterocycles. The summed E-state index contributed by atoms with van der Waals surface area (Å²) >= 11 is 0. The van der Waals surface area contributed by atoms with Crippen molar-refractivity contribution in [3.05, 3.63) is 53.6 Å². The Morgan fingerprint density at radius 3 is 2.48 bits per heavy atom. The van der Waals surface area contributed by atoms with Crippen LogP contribution in [0.3, 0.4) is 0 Å². The molecule has 108 valence electrons. The second kappa shape index (κ2) is 5.36. The maximum Gasteiger partial charge on any atom is 0.344 e. The number of cyclic esters (lactones) is 1. The van der Waals surface area contributed by atoms with Gasteiger partial charge in [0.1, 0.15) is 5.56 Å². The first-order valence-corrected chi connectivity index (χ1v) is 6.52. The molecule has 1 aliphatic rings. The summed E-state index contributed by atoms with van der Waals surface area (Å²) in [5.74, 6) is 0.486. The first-order chi connectivity index (χ1) is 10.2. The van der Waals surface area contributed by atoms with Gasteiger partial charge >= 0.3 is 5.97 Å². The van der Waals surface area contributed by atoms with Gasteiger partial charge in [-0.1, -0.05) is 18.2 Å². The normalized spacial score (nSPS) is 16.1. The number of carbonyl (C=O) groups is 1. The molecule has 0 spiro atoms. The molecule has 3 rings (SSSR count). The number of fused-ring (bicyclic) bond motifs is 1. The molecule has 2 aromatic rings. The lowest BCUT2D eigenvalue weighted by atomic mass is 10.1. The highest BCUT2D eigenvalue weighted by Gasteiger charge is 2.35. The van der Waals surface area contributed by atoms with Gasteiger partial charge in [-0.05, 0) is 24.3 Å². The zero-order valence-corrected chi connectivity index (χ0v) is 11.8. The molecule has 2 aromatic carbocycles. The van der Waals surface area contributed by atoms with E-state index in [-0.39, 0.29) is 0 Å². The van der Waals surface area contributed by atoms with Crippen molar-refractivity contribution in [3.63, 3.8) is 0 Å². The maximum absolute atomic E-state index is 12.1. The van der Waals surface area contributed by atoms with Gasteiger partial charge in [0.05, 0.1) is 14.2 Å². The minimum absolute atomic E-state index is 0.400. The van der Waals surface area contributed by atoms with Crippen LogP contribution in [0.5, 0.6) is 11.5 Å². The smallest absolute Gasteiger partial charge is 0.344 e. The number of hydrogen-bond acceptors (Lipinski definition) is 5. The molecule has 1 aliphatic heterocycles. The van der Waals surface area contributed by atoms with Crippen LogP contribution in [0.25, 0.3) is 0 Å². The van der Waals surface area contributed by atoms with Crippen LogP contribution in [-0.2, 0) is 4.74 Å². The van der Waals surface area contributed by atoms with Gasteiger partial charge in [-0.3, -0.25) is 0 Å². The Bertz CT molecular complexity index is 669. The predicted octanol–water partition coefficient (Wildman–Crippen LogP) is 2.98. The van der Waals surface area contributed by atoms with Gasteiger partial charge in [0.25, 0.3) is 0 Å². The number of anilines is 1. The Hall–Kier alpha value is -2.69. The monoisotopic (exact) mass is 285 g/mol. The zero-order valence-electron chi connectivity index (χ0n) is 11.8. The molecular formula is C16H15NO4. The largest absolute Gasteiger partial charge is 0.493 e. The summed E-state index contributed by atoms with van der Waals surface area (Å²) < 4.78 is 15.9. The molecule has 21 heavy (non-hydrogen) atoms. The summed E-state index contributed by atoms with van der Waals surface area (Å²) in [5, 5.41) is 3.18. The van der Waals surface area contributed by atoms with Crippen LogP contribution < -0.4 is 14.8 Å². The average Bonchev–Trinajstić information content (AvgIpc) is 2.83. The summed E-state index contributed by atoms with van der Waals surface area (Å²) in [7, 11) is 3.04. The summed E-state index contributed by atoms with van der Waals surface area (Å²) in [5.41, 5.74) is 2.02. The average molecular weight is 285 g/mol. The molecule has 1 N–H and O–H groups in total. The van der Waals surface area contributed by atoms with Crippen LogP contribution in [0.4, 0.5) is 5.69 Å². The third-order valence-corrected chi connectivity index (χ3v) is 3.36. The van der Waals surface area contributed by atoms with Crippen molar-refractivity contribution in [2.45, 2.75) is 6.23 Å². The third-order valence-electron chi connectivity index (χ3n) is 3.36. The predicted molar refractivity (Wildman–Crippen MR) is 77.8 cm³/mol. The van der Waals surface area contributed by atoms with Crippen LogP contribution in [0.1, 0.15) is 22.1 Å². The lowest BCUT2D eigenvalue weighted by molar-refractivity contribution is 0.0435. The Labute approximate surface area is 122 Å². The third kappa shape index (κ3) is 2.27. The Balaban J connectivity index is 1.99. The highest BCUT2D eigenvalue weighted by molar-refractivity contribution is 5.98. The SMILES string of the molecule is COc1ccc2c(c1OC)C(=O)OC2Nc1ccccc1. The molecule has 0 saturated carbocycles. The zero-order chi connectivity index (χ0) is 14.8. The van der Waals surface area contributed by atoms with Crippen LogP contribution in [0.15, 0.2) is 42.5 Å². The van der Waals surface area contributed by atoms with Crippen molar-refractivity contribution in [2.75, 3.05) is 19.5 Å². The molecule has 5 heteroatoms. The van der Waals surface area contributed by atoms with Crippen molar-refractivity contribution in [3.8, 4) is 11.5 Å². The summed E-state index contributed by atoms with van der Waals surface area (Å²) in [6.07, 6.45) is -0.533. The number of ether oxygens (including phenoxy) is 3. The molecule has 0 amide bonds. The molecule has 0 fully saturated rings. The Morgan fingerprint density at radius 2 is 1.81 bits per heavy atom. The van der Waals surface area contributed by atoms with Gasteiger partial charge in [0.2, 0.25) is 6.23 Å². The second-order valence-corrected chi connectivity index (χ2v) is 4.56. The van der Waals surface area contributed by atoms with Gasteiger partial charge in [-0.25, -0.2) is 4.79 Å². The standard InChI is InChI=1S/C16H15NO4/c1-19-12-9-8-11-13(14(12)20-2)16(18)21-15(11)17-10-6-4-3-5-7-10/h3-9,15,17H,1-2H3. The fraction of sp³-hybridized carbons (Fsp3) is 0.188. The fourth-order valence-corrected chi connectivity index (χ4v) is 2.39. The fourth-order valence-electron chi connectivity index (χ4n) is 2.39. The first kappa shape index (κ1) is 13.3. The number of carbonyl (C=O) groups excluding carboxylic acids is 1. The van der Waals surface area contributed by atoms with Gasteiger partial charge in [-0.15, -0.1) is 0 Å². The van der Waals surface area contributed by atoms with E-state index in [1.165, 1.54) is 14.2 Å². The van der Waals surface area contributed by atoms with Gasteiger partial charge in [-0.2, -0.15) is 0 Å². The van der Waals surface area contributed by atoms with E-state index >= 15 is 0 Å². The molecule has 5 nitrogen and oxygen atoms in total. The number of nitrogens with one attached hydrogen (secondary N) is 1. The van der Waals surface area contributed by atoms with Crippen LogP contribution in [0, 0.1) is 0 Å². The van der Waals surface area contributed by atoms with Gasteiger partial charge in [0.15, 0.2) is 11.5 Å². The topological polar surface area (TPSA) is 56.8 Å². The molecule has 0 aromatic heterocycles. The van der Waals surface area contributed by atoms with Crippen molar-refractivity contribution in [1.29, 1.82) is 0 Å². The van der Waals surface area contributed by atoms with E-state index in [0.717, 1.165) is 11.3 Å². The lowest BCUT2D eigenvalue weighted by Gasteiger charge is -2.15. The lowest BCUT2D eigenvalue weighted by Crippen LogP contribution is -2.09. The van der Waals surface area contributed by atoms with Crippen LogP contribution in [-0.4, -0.2) is 20.2 Å². The van der Waals surface area contributed by atoms with E-state index in [1.807, 2.05) is 36.4 Å². The number of methoxy groups -OCH3 is 2. The van der Waals surface area contributed by atoms with Crippen molar-refractivity contribution in [2.24, 2.45) is 0 Å². The summed E-state index contributed by atoms with van der Waals surface area (Å²) in [6.45, 7) is 0.